The molecule has 0 bridgehead atoms. The summed E-state index contributed by atoms with van der Waals surface area (Å²) in [6, 6.07) is 0. The lowest BCUT2D eigenvalue weighted by Crippen LogP contribution is -2.39. The highest BCUT2D eigenvalue weighted by molar-refractivity contribution is 5.69. The minimum absolute atomic E-state index is 0.133. The summed E-state index contributed by atoms with van der Waals surface area (Å²) in [5.41, 5.74) is -0.0321. The lowest BCUT2D eigenvalue weighted by Gasteiger charge is -2.32. The number of ether oxygens (including phenoxy) is 3. The van der Waals surface area contributed by atoms with E-state index < -0.39 is 0 Å². The zero-order valence-corrected chi connectivity index (χ0v) is 11.4. The zero-order chi connectivity index (χ0) is 12.9. The van der Waals surface area contributed by atoms with Crippen LogP contribution in [0.25, 0.3) is 0 Å². The van der Waals surface area contributed by atoms with Gasteiger partial charge < -0.3 is 14.2 Å². The molecule has 1 heterocycles. The molecule has 0 amide bonds. The van der Waals surface area contributed by atoms with Crippen molar-refractivity contribution >= 4 is 5.97 Å². The molecule has 1 fully saturated rings. The summed E-state index contributed by atoms with van der Waals surface area (Å²) in [6.07, 6.45) is 1.32. The Kier molecular flexibility index (Phi) is 4.95. The van der Waals surface area contributed by atoms with Gasteiger partial charge in [-0.3, -0.25) is 4.79 Å². The van der Waals surface area contributed by atoms with Gasteiger partial charge in [0.05, 0.1) is 13.2 Å². The van der Waals surface area contributed by atoms with Crippen molar-refractivity contribution < 1.29 is 19.0 Å². The Labute approximate surface area is 104 Å². The average Bonchev–Trinajstić information content (AvgIpc) is 2.24. The molecule has 0 radical (unpaired) electrons. The fourth-order valence-electron chi connectivity index (χ4n) is 1.56. The number of hydrogen-bond donors (Lipinski definition) is 0. The Hall–Kier alpha value is -0.610. The summed E-state index contributed by atoms with van der Waals surface area (Å²) < 4.78 is 15.7. The Morgan fingerprint density at radius 3 is 2.41 bits per heavy atom. The fourth-order valence-corrected chi connectivity index (χ4v) is 1.56. The first-order chi connectivity index (χ1) is 7.81. The minimum atomic E-state index is -0.199. The molecule has 17 heavy (non-hydrogen) atoms. The largest absolute Gasteiger partial charge is 0.465 e. The molecule has 1 aliphatic rings. The van der Waals surface area contributed by atoms with Crippen LogP contribution in [-0.4, -0.2) is 32.6 Å². The predicted molar refractivity (Wildman–Crippen MR) is 64.5 cm³/mol. The monoisotopic (exact) mass is 244 g/mol. The SMILES string of the molecule is CC(C)(C)CCC(=O)OCC1(C)COCOC1. The summed E-state index contributed by atoms with van der Waals surface area (Å²) >= 11 is 0. The summed E-state index contributed by atoms with van der Waals surface area (Å²) in [7, 11) is 0. The molecule has 0 unspecified atom stereocenters. The van der Waals surface area contributed by atoms with Gasteiger partial charge in [0.25, 0.3) is 0 Å². The molecule has 4 nitrogen and oxygen atoms in total. The smallest absolute Gasteiger partial charge is 0.305 e. The fraction of sp³-hybridized carbons (Fsp3) is 0.923. The van der Waals surface area contributed by atoms with Gasteiger partial charge in [0.1, 0.15) is 13.4 Å². The third-order valence-corrected chi connectivity index (χ3v) is 2.73. The van der Waals surface area contributed by atoms with E-state index in [2.05, 4.69) is 20.8 Å². The van der Waals surface area contributed by atoms with Gasteiger partial charge in [-0.1, -0.05) is 27.7 Å². The number of rotatable bonds is 4. The van der Waals surface area contributed by atoms with E-state index >= 15 is 0 Å². The van der Waals surface area contributed by atoms with Gasteiger partial charge in [-0.05, 0) is 11.8 Å². The van der Waals surface area contributed by atoms with Crippen LogP contribution in [0.15, 0.2) is 0 Å². The van der Waals surface area contributed by atoms with Gasteiger partial charge in [0.15, 0.2) is 0 Å². The Morgan fingerprint density at radius 1 is 1.29 bits per heavy atom. The van der Waals surface area contributed by atoms with Gasteiger partial charge in [-0.2, -0.15) is 0 Å². The van der Waals surface area contributed by atoms with Crippen LogP contribution >= 0.6 is 0 Å². The first-order valence-electron chi connectivity index (χ1n) is 6.12. The van der Waals surface area contributed by atoms with Gasteiger partial charge >= 0.3 is 5.97 Å². The maximum atomic E-state index is 11.6. The molecule has 1 rings (SSSR count). The molecule has 0 spiro atoms. The Bertz CT molecular complexity index is 249. The number of esters is 1. The number of carbonyl (C=O) groups is 1. The molecule has 0 aromatic heterocycles. The first-order valence-corrected chi connectivity index (χ1v) is 6.12. The van der Waals surface area contributed by atoms with E-state index in [1.165, 1.54) is 0 Å². The Balaban J connectivity index is 2.23. The van der Waals surface area contributed by atoms with E-state index in [9.17, 15) is 4.79 Å². The third-order valence-electron chi connectivity index (χ3n) is 2.73. The van der Waals surface area contributed by atoms with E-state index in [1.54, 1.807) is 0 Å². The van der Waals surface area contributed by atoms with Gasteiger partial charge in [0, 0.05) is 11.8 Å². The zero-order valence-electron chi connectivity index (χ0n) is 11.4. The molecule has 0 N–H and O–H groups in total. The van der Waals surface area contributed by atoms with Crippen LogP contribution in [0.2, 0.25) is 0 Å². The second kappa shape index (κ2) is 5.83. The van der Waals surface area contributed by atoms with Crippen LogP contribution in [0.5, 0.6) is 0 Å². The van der Waals surface area contributed by atoms with Crippen molar-refractivity contribution in [2.45, 2.75) is 40.5 Å². The minimum Gasteiger partial charge on any atom is -0.465 e. The molecular weight excluding hydrogens is 220 g/mol. The van der Waals surface area contributed by atoms with Crippen LogP contribution < -0.4 is 0 Å². The molecule has 1 saturated heterocycles. The van der Waals surface area contributed by atoms with Gasteiger partial charge in [-0.15, -0.1) is 0 Å². The standard InChI is InChI=1S/C13H24O4/c1-12(2,3)6-5-11(14)17-9-13(4)7-15-10-16-8-13/h5-10H2,1-4H3. The summed E-state index contributed by atoms with van der Waals surface area (Å²) in [5, 5.41) is 0. The molecule has 0 aromatic rings. The van der Waals surface area contributed by atoms with E-state index in [0.29, 0.717) is 33.0 Å². The van der Waals surface area contributed by atoms with Crippen LogP contribution in [0.1, 0.15) is 40.5 Å². The van der Waals surface area contributed by atoms with Crippen molar-refractivity contribution in [3.05, 3.63) is 0 Å². The lowest BCUT2D eigenvalue weighted by atomic mass is 9.90. The maximum Gasteiger partial charge on any atom is 0.305 e. The van der Waals surface area contributed by atoms with Crippen molar-refractivity contribution in [2.75, 3.05) is 26.6 Å². The molecule has 0 aromatic carbocycles. The highest BCUT2D eigenvalue weighted by Crippen LogP contribution is 2.23. The van der Waals surface area contributed by atoms with Crippen LogP contribution in [-0.2, 0) is 19.0 Å². The van der Waals surface area contributed by atoms with Crippen molar-refractivity contribution in [3.63, 3.8) is 0 Å². The highest BCUT2D eigenvalue weighted by Gasteiger charge is 2.30. The van der Waals surface area contributed by atoms with Crippen LogP contribution in [0.3, 0.4) is 0 Å². The molecule has 0 aliphatic carbocycles. The van der Waals surface area contributed by atoms with Gasteiger partial charge in [-0.25, -0.2) is 0 Å². The van der Waals surface area contributed by atoms with E-state index in [4.69, 9.17) is 14.2 Å². The van der Waals surface area contributed by atoms with E-state index in [1.807, 2.05) is 6.92 Å². The van der Waals surface area contributed by atoms with Crippen molar-refractivity contribution in [1.29, 1.82) is 0 Å². The van der Waals surface area contributed by atoms with Crippen LogP contribution in [0.4, 0.5) is 0 Å². The van der Waals surface area contributed by atoms with Gasteiger partial charge in [0.2, 0.25) is 0 Å². The summed E-state index contributed by atoms with van der Waals surface area (Å²) in [4.78, 5) is 11.6. The molecule has 0 saturated carbocycles. The molecular formula is C13H24O4. The van der Waals surface area contributed by atoms with Crippen LogP contribution in [0, 0.1) is 10.8 Å². The first kappa shape index (κ1) is 14.5. The third kappa shape index (κ3) is 6.03. The average molecular weight is 244 g/mol. The predicted octanol–water partition coefficient (Wildman–Crippen LogP) is 2.37. The van der Waals surface area contributed by atoms with E-state index in [-0.39, 0.29) is 16.8 Å². The maximum absolute atomic E-state index is 11.6. The summed E-state index contributed by atoms with van der Waals surface area (Å²) in [5.74, 6) is -0.133. The molecule has 0 atom stereocenters. The lowest BCUT2D eigenvalue weighted by molar-refractivity contribution is -0.181. The second-order valence-corrected chi connectivity index (χ2v) is 6.35. The van der Waals surface area contributed by atoms with Crippen molar-refractivity contribution in [3.8, 4) is 0 Å². The number of carbonyl (C=O) groups excluding carboxylic acids is 1. The van der Waals surface area contributed by atoms with Crippen molar-refractivity contribution in [2.24, 2.45) is 10.8 Å². The second-order valence-electron chi connectivity index (χ2n) is 6.35. The quantitative estimate of drug-likeness (QED) is 0.712. The summed E-state index contributed by atoms with van der Waals surface area (Å²) in [6.45, 7) is 10.2. The normalized spacial score (nSPS) is 20.0. The Morgan fingerprint density at radius 2 is 1.88 bits per heavy atom. The van der Waals surface area contributed by atoms with E-state index in [0.717, 1.165) is 6.42 Å². The van der Waals surface area contributed by atoms with Crippen molar-refractivity contribution in [1.82, 2.24) is 0 Å². The molecule has 1 aliphatic heterocycles. The highest BCUT2D eigenvalue weighted by atomic mass is 16.7. The topological polar surface area (TPSA) is 44.8 Å². The number of hydrogen-bond acceptors (Lipinski definition) is 4. The molecule has 100 valence electrons. The molecule has 4 heteroatoms.